The summed E-state index contributed by atoms with van der Waals surface area (Å²) in [5, 5.41) is 0. The second kappa shape index (κ2) is 4.88. The van der Waals surface area contributed by atoms with E-state index in [9.17, 15) is 0 Å². The van der Waals surface area contributed by atoms with Gasteiger partial charge in [0, 0.05) is 17.5 Å². The first-order valence-electron chi connectivity index (χ1n) is 6.16. The molecular weight excluding hydrogens is 198 g/mol. The number of nitrogens with two attached hydrogens (primary N) is 1. The lowest BCUT2D eigenvalue weighted by atomic mass is 9.69. The van der Waals surface area contributed by atoms with Gasteiger partial charge in [-0.05, 0) is 18.9 Å². The highest BCUT2D eigenvalue weighted by atomic mass is 16.5. The van der Waals surface area contributed by atoms with Crippen LogP contribution in [0.15, 0.2) is 24.3 Å². The van der Waals surface area contributed by atoms with Crippen molar-refractivity contribution in [3.05, 3.63) is 29.8 Å². The molecule has 1 aromatic carbocycles. The Morgan fingerprint density at radius 2 is 1.88 bits per heavy atom. The molecule has 1 aromatic rings. The number of rotatable bonds is 3. The van der Waals surface area contributed by atoms with Crippen molar-refractivity contribution in [2.75, 3.05) is 13.7 Å². The van der Waals surface area contributed by atoms with Crippen LogP contribution in [0.2, 0.25) is 0 Å². The van der Waals surface area contributed by atoms with E-state index in [0.29, 0.717) is 0 Å². The average molecular weight is 219 g/mol. The van der Waals surface area contributed by atoms with Crippen LogP contribution in [0.3, 0.4) is 0 Å². The first kappa shape index (κ1) is 11.5. The molecule has 1 saturated carbocycles. The zero-order valence-electron chi connectivity index (χ0n) is 10.0. The van der Waals surface area contributed by atoms with E-state index in [1.807, 2.05) is 12.1 Å². The normalized spacial score (nSPS) is 19.4. The fraction of sp³-hybridized carbons (Fsp3) is 0.571. The van der Waals surface area contributed by atoms with Crippen molar-refractivity contribution in [1.29, 1.82) is 0 Å². The molecule has 0 aromatic heterocycles. The van der Waals surface area contributed by atoms with Gasteiger partial charge < -0.3 is 10.5 Å². The van der Waals surface area contributed by atoms with Crippen LogP contribution in [-0.2, 0) is 5.41 Å². The molecule has 0 aliphatic heterocycles. The van der Waals surface area contributed by atoms with Crippen molar-refractivity contribution in [3.8, 4) is 5.75 Å². The van der Waals surface area contributed by atoms with Gasteiger partial charge in [-0.1, -0.05) is 37.5 Å². The quantitative estimate of drug-likeness (QED) is 0.848. The SMILES string of the molecule is COc1ccccc1C1(CN)CCCCC1. The number of benzene rings is 1. The fourth-order valence-corrected chi connectivity index (χ4v) is 2.89. The fourth-order valence-electron chi connectivity index (χ4n) is 2.89. The summed E-state index contributed by atoms with van der Waals surface area (Å²) in [4.78, 5) is 0. The van der Waals surface area contributed by atoms with E-state index in [4.69, 9.17) is 10.5 Å². The van der Waals surface area contributed by atoms with E-state index in [0.717, 1.165) is 12.3 Å². The van der Waals surface area contributed by atoms with Crippen LogP contribution in [0.25, 0.3) is 0 Å². The summed E-state index contributed by atoms with van der Waals surface area (Å²) < 4.78 is 5.47. The Hall–Kier alpha value is -1.02. The average Bonchev–Trinajstić information content (AvgIpc) is 2.39. The lowest BCUT2D eigenvalue weighted by Crippen LogP contribution is -2.37. The minimum Gasteiger partial charge on any atom is -0.496 e. The summed E-state index contributed by atoms with van der Waals surface area (Å²) in [6, 6.07) is 8.33. The minimum atomic E-state index is 0.158. The molecule has 1 aliphatic carbocycles. The van der Waals surface area contributed by atoms with Crippen molar-refractivity contribution in [2.45, 2.75) is 37.5 Å². The van der Waals surface area contributed by atoms with Crippen molar-refractivity contribution in [2.24, 2.45) is 5.73 Å². The number of hydrogen-bond acceptors (Lipinski definition) is 2. The van der Waals surface area contributed by atoms with Gasteiger partial charge in [0.25, 0.3) is 0 Å². The summed E-state index contributed by atoms with van der Waals surface area (Å²) in [5.41, 5.74) is 7.50. The minimum absolute atomic E-state index is 0.158. The van der Waals surface area contributed by atoms with E-state index >= 15 is 0 Å². The van der Waals surface area contributed by atoms with E-state index in [1.165, 1.54) is 37.7 Å². The molecule has 1 aliphatic rings. The predicted octanol–water partition coefficient (Wildman–Crippen LogP) is 2.86. The second-order valence-corrected chi connectivity index (χ2v) is 4.75. The number of methoxy groups -OCH3 is 1. The van der Waals surface area contributed by atoms with Gasteiger partial charge in [0.2, 0.25) is 0 Å². The van der Waals surface area contributed by atoms with Crippen LogP contribution < -0.4 is 10.5 Å². The molecule has 0 unspecified atom stereocenters. The van der Waals surface area contributed by atoms with Crippen LogP contribution in [0.4, 0.5) is 0 Å². The van der Waals surface area contributed by atoms with Gasteiger partial charge in [0.15, 0.2) is 0 Å². The molecule has 2 heteroatoms. The van der Waals surface area contributed by atoms with E-state index in [1.54, 1.807) is 7.11 Å². The van der Waals surface area contributed by atoms with Gasteiger partial charge in [-0.2, -0.15) is 0 Å². The molecule has 2 rings (SSSR count). The van der Waals surface area contributed by atoms with Crippen LogP contribution in [0.5, 0.6) is 5.75 Å². The molecule has 0 bridgehead atoms. The maximum absolute atomic E-state index is 6.04. The molecule has 2 N–H and O–H groups in total. The van der Waals surface area contributed by atoms with Crippen LogP contribution in [0.1, 0.15) is 37.7 Å². The summed E-state index contributed by atoms with van der Waals surface area (Å²) in [6.45, 7) is 0.730. The second-order valence-electron chi connectivity index (χ2n) is 4.75. The van der Waals surface area contributed by atoms with Gasteiger partial charge in [-0.3, -0.25) is 0 Å². The zero-order chi connectivity index (χ0) is 11.4. The van der Waals surface area contributed by atoms with Gasteiger partial charge >= 0.3 is 0 Å². The van der Waals surface area contributed by atoms with E-state index < -0.39 is 0 Å². The molecular formula is C14H21NO. The molecule has 0 heterocycles. The van der Waals surface area contributed by atoms with Crippen LogP contribution in [-0.4, -0.2) is 13.7 Å². The predicted molar refractivity (Wildman–Crippen MR) is 66.8 cm³/mol. The van der Waals surface area contributed by atoms with Gasteiger partial charge in [-0.15, -0.1) is 0 Å². The van der Waals surface area contributed by atoms with Crippen molar-refractivity contribution in [1.82, 2.24) is 0 Å². The number of ether oxygens (including phenoxy) is 1. The van der Waals surface area contributed by atoms with Gasteiger partial charge in [0.1, 0.15) is 5.75 Å². The molecule has 0 saturated heterocycles. The maximum atomic E-state index is 6.04. The summed E-state index contributed by atoms with van der Waals surface area (Å²) >= 11 is 0. The molecule has 0 spiro atoms. The Morgan fingerprint density at radius 1 is 1.19 bits per heavy atom. The zero-order valence-corrected chi connectivity index (χ0v) is 10.0. The van der Waals surface area contributed by atoms with E-state index in [-0.39, 0.29) is 5.41 Å². The van der Waals surface area contributed by atoms with Gasteiger partial charge in [0.05, 0.1) is 7.11 Å². The smallest absolute Gasteiger partial charge is 0.122 e. The monoisotopic (exact) mass is 219 g/mol. The van der Waals surface area contributed by atoms with Crippen molar-refractivity contribution < 1.29 is 4.74 Å². The Bertz CT molecular complexity index is 342. The van der Waals surface area contributed by atoms with Crippen molar-refractivity contribution >= 4 is 0 Å². The largest absolute Gasteiger partial charge is 0.496 e. The van der Waals surface area contributed by atoms with Crippen LogP contribution >= 0.6 is 0 Å². The lowest BCUT2D eigenvalue weighted by molar-refractivity contribution is 0.288. The summed E-state index contributed by atoms with van der Waals surface area (Å²) in [5.74, 6) is 0.995. The highest BCUT2D eigenvalue weighted by Gasteiger charge is 2.34. The molecule has 2 nitrogen and oxygen atoms in total. The number of para-hydroxylation sites is 1. The van der Waals surface area contributed by atoms with Gasteiger partial charge in [-0.25, -0.2) is 0 Å². The highest BCUT2D eigenvalue weighted by Crippen LogP contribution is 2.42. The molecule has 88 valence electrons. The highest BCUT2D eigenvalue weighted by molar-refractivity contribution is 5.40. The molecule has 0 radical (unpaired) electrons. The summed E-state index contributed by atoms with van der Waals surface area (Å²) in [6.07, 6.45) is 6.31. The molecule has 1 fully saturated rings. The third kappa shape index (κ3) is 1.94. The number of hydrogen-bond donors (Lipinski definition) is 1. The molecule has 16 heavy (non-hydrogen) atoms. The standard InChI is InChI=1S/C14H21NO/c1-16-13-8-4-3-7-12(13)14(11-15)9-5-2-6-10-14/h3-4,7-8H,2,5-6,9-11,15H2,1H3. The topological polar surface area (TPSA) is 35.2 Å². The third-order valence-corrected chi connectivity index (χ3v) is 3.88. The first-order chi connectivity index (χ1) is 7.82. The summed E-state index contributed by atoms with van der Waals surface area (Å²) in [7, 11) is 1.74. The Morgan fingerprint density at radius 3 is 2.50 bits per heavy atom. The Kier molecular flexibility index (Phi) is 3.49. The van der Waals surface area contributed by atoms with E-state index in [2.05, 4.69) is 12.1 Å². The first-order valence-corrected chi connectivity index (χ1v) is 6.16. The Labute approximate surface area is 97.8 Å². The maximum Gasteiger partial charge on any atom is 0.122 e. The van der Waals surface area contributed by atoms with Crippen molar-refractivity contribution in [3.63, 3.8) is 0 Å². The third-order valence-electron chi connectivity index (χ3n) is 3.88. The Balaban J connectivity index is 2.38. The lowest BCUT2D eigenvalue weighted by Gasteiger charge is -2.37. The van der Waals surface area contributed by atoms with Crippen LogP contribution in [0, 0.1) is 0 Å². The molecule has 0 atom stereocenters. The molecule has 0 amide bonds.